The van der Waals surface area contributed by atoms with E-state index in [0.717, 1.165) is 33.5 Å². The molecule has 0 saturated carbocycles. The van der Waals surface area contributed by atoms with E-state index in [1.54, 1.807) is 4.90 Å². The Balaban J connectivity index is 1.41. The molecule has 148 valence electrons. The lowest BCUT2D eigenvalue weighted by atomic mass is 10.0. The zero-order chi connectivity index (χ0) is 20.1. The van der Waals surface area contributed by atoms with Crippen molar-refractivity contribution in [2.24, 2.45) is 0 Å². The summed E-state index contributed by atoms with van der Waals surface area (Å²) in [4.78, 5) is 37.2. The average Bonchev–Trinajstić information content (AvgIpc) is 3.22. The molecular formula is C20H20N6O3. The van der Waals surface area contributed by atoms with Gasteiger partial charge in [-0.15, -0.1) is 0 Å². The third-order valence-electron chi connectivity index (χ3n) is 5.52. The van der Waals surface area contributed by atoms with Gasteiger partial charge in [-0.05, 0) is 37.1 Å². The summed E-state index contributed by atoms with van der Waals surface area (Å²) in [5.74, 6) is 0.0363. The first kappa shape index (κ1) is 17.8. The minimum absolute atomic E-state index is 0.264. The van der Waals surface area contributed by atoms with E-state index in [9.17, 15) is 14.7 Å². The Morgan fingerprint density at radius 1 is 1.24 bits per heavy atom. The van der Waals surface area contributed by atoms with Gasteiger partial charge in [0.2, 0.25) is 11.8 Å². The van der Waals surface area contributed by atoms with E-state index in [0.29, 0.717) is 18.8 Å². The molecule has 0 aliphatic carbocycles. The fraction of sp³-hybridized carbons (Fsp3) is 0.300. The molecular weight excluding hydrogens is 372 g/mol. The topological polar surface area (TPSA) is 123 Å². The fourth-order valence-corrected chi connectivity index (χ4v) is 4.10. The molecule has 5 rings (SSSR count). The number of imide groups is 1. The summed E-state index contributed by atoms with van der Waals surface area (Å²) < 4.78 is 0. The Hall–Kier alpha value is -3.30. The number of H-pyrrole nitrogens is 1. The number of hydrogen-bond acceptors (Lipinski definition) is 7. The van der Waals surface area contributed by atoms with Crippen LogP contribution in [-0.2, 0) is 16.1 Å². The van der Waals surface area contributed by atoms with Gasteiger partial charge < -0.3 is 15.4 Å². The highest BCUT2D eigenvalue weighted by Crippen LogP contribution is 2.37. The molecule has 1 saturated heterocycles. The average molecular weight is 392 g/mol. The molecule has 29 heavy (non-hydrogen) atoms. The highest BCUT2D eigenvalue weighted by Gasteiger charge is 2.39. The number of hydrogen-bond donors (Lipinski definition) is 4. The summed E-state index contributed by atoms with van der Waals surface area (Å²) in [6, 6.07) is 7.16. The second-order valence-electron chi connectivity index (χ2n) is 7.49. The maximum absolute atomic E-state index is 12.2. The van der Waals surface area contributed by atoms with E-state index < -0.39 is 12.3 Å². The number of carbonyl (C=O) groups is 2. The van der Waals surface area contributed by atoms with Gasteiger partial charge in [-0.25, -0.2) is 9.97 Å². The first-order chi connectivity index (χ1) is 14.0. The minimum atomic E-state index is -0.908. The van der Waals surface area contributed by atoms with Crippen LogP contribution in [0.3, 0.4) is 0 Å². The maximum atomic E-state index is 12.2. The lowest BCUT2D eigenvalue weighted by molar-refractivity contribution is -0.141. The number of aliphatic hydroxyl groups excluding tert-OH is 1. The molecule has 2 unspecified atom stereocenters. The summed E-state index contributed by atoms with van der Waals surface area (Å²) >= 11 is 0. The predicted octanol–water partition coefficient (Wildman–Crippen LogP) is 1.62. The number of aromatic nitrogens is 3. The number of amides is 2. The normalized spacial score (nSPS) is 22.0. The van der Waals surface area contributed by atoms with Crippen LogP contribution < -0.4 is 10.6 Å². The van der Waals surface area contributed by atoms with Gasteiger partial charge in [-0.1, -0.05) is 6.07 Å². The van der Waals surface area contributed by atoms with Crippen molar-refractivity contribution in [3.63, 3.8) is 0 Å². The van der Waals surface area contributed by atoms with Crippen LogP contribution in [0.4, 0.5) is 11.5 Å². The Bertz CT molecular complexity index is 1140. The molecule has 0 spiro atoms. The number of fused-ring (bicyclic) bond motifs is 2. The largest absolute Gasteiger partial charge is 0.374 e. The van der Waals surface area contributed by atoms with Crippen molar-refractivity contribution in [2.75, 3.05) is 5.32 Å². The fourth-order valence-electron chi connectivity index (χ4n) is 4.10. The van der Waals surface area contributed by atoms with Crippen molar-refractivity contribution >= 4 is 34.4 Å². The lowest BCUT2D eigenvalue weighted by Gasteiger charge is -2.31. The van der Waals surface area contributed by atoms with E-state index >= 15 is 0 Å². The second-order valence-corrected chi connectivity index (χ2v) is 7.49. The Labute approximate surface area is 166 Å². The molecule has 9 nitrogen and oxygen atoms in total. The number of anilines is 2. The Morgan fingerprint density at radius 3 is 2.93 bits per heavy atom. The number of nitrogens with one attached hydrogen (secondary N) is 3. The zero-order valence-electron chi connectivity index (χ0n) is 15.8. The number of nitrogens with zero attached hydrogens (tertiary/aromatic N) is 3. The van der Waals surface area contributed by atoms with E-state index in [4.69, 9.17) is 0 Å². The SMILES string of the molecule is Cc1cc2ncnc(Nc3ccc4c(c3)C(O)N(C3CCC(=O)NC3=O)C4)c2[nH]1. The van der Waals surface area contributed by atoms with Crippen LogP contribution in [0.1, 0.15) is 35.9 Å². The molecule has 1 aromatic carbocycles. The number of aryl methyl sites for hydroxylation is 1. The van der Waals surface area contributed by atoms with Gasteiger partial charge in [0.1, 0.15) is 18.1 Å². The third kappa shape index (κ3) is 3.04. The predicted molar refractivity (Wildman–Crippen MR) is 105 cm³/mol. The van der Waals surface area contributed by atoms with Crippen LogP contribution in [0.5, 0.6) is 0 Å². The van der Waals surface area contributed by atoms with E-state index in [2.05, 4.69) is 25.6 Å². The number of benzene rings is 1. The van der Waals surface area contributed by atoms with Crippen molar-refractivity contribution < 1.29 is 14.7 Å². The van der Waals surface area contributed by atoms with Crippen LogP contribution >= 0.6 is 0 Å². The van der Waals surface area contributed by atoms with Gasteiger partial charge in [-0.2, -0.15) is 0 Å². The van der Waals surface area contributed by atoms with Crippen molar-refractivity contribution in [3.8, 4) is 0 Å². The summed E-state index contributed by atoms with van der Waals surface area (Å²) in [5.41, 5.74) is 5.11. The minimum Gasteiger partial charge on any atom is -0.374 e. The van der Waals surface area contributed by atoms with E-state index in [-0.39, 0.29) is 18.2 Å². The number of aromatic amines is 1. The third-order valence-corrected chi connectivity index (χ3v) is 5.52. The first-order valence-corrected chi connectivity index (χ1v) is 9.47. The van der Waals surface area contributed by atoms with Gasteiger partial charge in [-0.3, -0.25) is 19.8 Å². The Kier molecular flexibility index (Phi) is 4.07. The molecule has 2 aliphatic heterocycles. The summed E-state index contributed by atoms with van der Waals surface area (Å²) in [7, 11) is 0. The molecule has 2 aliphatic rings. The van der Waals surface area contributed by atoms with Crippen molar-refractivity contribution in [1.29, 1.82) is 0 Å². The van der Waals surface area contributed by atoms with Crippen LogP contribution in [0.15, 0.2) is 30.6 Å². The lowest BCUT2D eigenvalue weighted by Crippen LogP contribution is -2.51. The smallest absolute Gasteiger partial charge is 0.244 e. The molecule has 0 radical (unpaired) electrons. The zero-order valence-corrected chi connectivity index (χ0v) is 15.8. The highest BCUT2D eigenvalue weighted by atomic mass is 16.3. The van der Waals surface area contributed by atoms with Crippen LogP contribution in [0, 0.1) is 6.92 Å². The monoisotopic (exact) mass is 392 g/mol. The molecule has 2 amide bonds. The van der Waals surface area contributed by atoms with Crippen molar-refractivity contribution in [1.82, 2.24) is 25.2 Å². The molecule has 3 aromatic rings. The van der Waals surface area contributed by atoms with Crippen LogP contribution in [0.25, 0.3) is 11.0 Å². The highest BCUT2D eigenvalue weighted by molar-refractivity contribution is 6.00. The Morgan fingerprint density at radius 2 is 2.10 bits per heavy atom. The molecule has 4 heterocycles. The molecule has 9 heteroatoms. The molecule has 1 fully saturated rings. The van der Waals surface area contributed by atoms with Gasteiger partial charge in [0.25, 0.3) is 0 Å². The van der Waals surface area contributed by atoms with Gasteiger partial charge in [0.15, 0.2) is 5.82 Å². The number of aliphatic hydroxyl groups is 1. The van der Waals surface area contributed by atoms with Crippen LogP contribution in [-0.4, -0.2) is 42.8 Å². The van der Waals surface area contributed by atoms with Gasteiger partial charge in [0.05, 0.1) is 11.6 Å². The van der Waals surface area contributed by atoms with E-state index in [1.165, 1.54) is 6.33 Å². The second kappa shape index (κ2) is 6.64. The quantitative estimate of drug-likeness (QED) is 0.500. The molecule has 4 N–H and O–H groups in total. The van der Waals surface area contributed by atoms with Crippen molar-refractivity contribution in [3.05, 3.63) is 47.4 Å². The molecule has 0 bridgehead atoms. The maximum Gasteiger partial charge on any atom is 0.244 e. The van der Waals surface area contributed by atoms with E-state index in [1.807, 2.05) is 31.2 Å². The number of rotatable bonds is 3. The molecule has 2 atom stereocenters. The van der Waals surface area contributed by atoms with Gasteiger partial charge >= 0.3 is 0 Å². The molecule has 2 aromatic heterocycles. The number of carbonyl (C=O) groups excluding carboxylic acids is 2. The summed E-state index contributed by atoms with van der Waals surface area (Å²) in [5, 5.41) is 16.5. The summed E-state index contributed by atoms with van der Waals surface area (Å²) in [6.45, 7) is 2.41. The van der Waals surface area contributed by atoms with Gasteiger partial charge in [0, 0.05) is 29.9 Å². The number of piperidine rings is 1. The standard InChI is InChI=1S/C20H20N6O3/c1-10-6-14-17(23-10)18(22-9-21-14)24-12-3-2-11-8-26(20(29)13(11)7-12)15-4-5-16(27)25-19(15)28/h2-3,6-7,9,15,20,23,29H,4-5,8H2,1H3,(H,21,22,24)(H,25,27,28). The van der Waals surface area contributed by atoms with Crippen LogP contribution in [0.2, 0.25) is 0 Å². The summed E-state index contributed by atoms with van der Waals surface area (Å²) in [6.07, 6.45) is 1.28. The first-order valence-electron chi connectivity index (χ1n) is 9.47. The van der Waals surface area contributed by atoms with Crippen molar-refractivity contribution in [2.45, 2.75) is 38.6 Å².